The van der Waals surface area contributed by atoms with Crippen molar-refractivity contribution in [3.63, 3.8) is 0 Å². The molecule has 9 heterocycles. The lowest BCUT2D eigenvalue weighted by atomic mass is 10.1. The Morgan fingerprint density at radius 1 is 0.342 bits per heavy atom. The Morgan fingerprint density at radius 3 is 1.11 bits per heavy atom. The number of nitrogen functional groups attached to an aromatic ring is 5. The quantitative estimate of drug-likeness (QED) is 0.0139. The van der Waals surface area contributed by atoms with Crippen molar-refractivity contribution >= 4 is 56.9 Å². The highest BCUT2D eigenvalue weighted by Crippen LogP contribution is 2.38. The largest absolute Gasteiger partial charge is 0.489 e. The van der Waals surface area contributed by atoms with E-state index in [1.807, 2.05) is 104 Å². The average molecular weight is 1580 g/mol. The number of morpholine rings is 1. The van der Waals surface area contributed by atoms with Gasteiger partial charge < -0.3 is 121 Å². The van der Waals surface area contributed by atoms with Gasteiger partial charge in [-0.25, -0.2) is 9.97 Å². The number of benzene rings is 5. The Hall–Kier alpha value is -8.80. The summed E-state index contributed by atoms with van der Waals surface area (Å²) in [5.74, 6) is 4.57. The molecule has 27 heteroatoms. The van der Waals surface area contributed by atoms with Crippen molar-refractivity contribution in [2.24, 2.45) is 0 Å². The second-order valence-electron chi connectivity index (χ2n) is 30.5. The first-order valence-electron chi connectivity index (χ1n) is 42.5. The third-order valence-electron chi connectivity index (χ3n) is 21.3. The van der Waals surface area contributed by atoms with Crippen LogP contribution in [0.2, 0.25) is 0 Å². The molecule has 0 atom stereocenters. The fourth-order valence-electron chi connectivity index (χ4n) is 14.9. The van der Waals surface area contributed by atoms with Crippen molar-refractivity contribution in [2.75, 3.05) is 277 Å². The number of likely N-dealkylation sites (N-methyl/N-ethyl adjacent to an activating group) is 1. The first-order valence-corrected chi connectivity index (χ1v) is 42.5. The molecule has 0 unspecified atom stereocenters. The topological polar surface area (TPSA) is 290 Å². The van der Waals surface area contributed by atoms with E-state index < -0.39 is 0 Å². The number of aromatic nitrogens is 4. The maximum absolute atomic E-state index is 5.84. The third-order valence-corrected chi connectivity index (χ3v) is 21.3. The van der Waals surface area contributed by atoms with Crippen LogP contribution in [0, 0.1) is 0 Å². The molecule has 27 nitrogen and oxygen atoms in total. The van der Waals surface area contributed by atoms with Gasteiger partial charge in [0, 0.05) is 175 Å². The van der Waals surface area contributed by atoms with Crippen LogP contribution in [0.5, 0.6) is 28.7 Å². The Labute approximate surface area is 679 Å². The van der Waals surface area contributed by atoms with Crippen molar-refractivity contribution in [3.8, 4) is 28.7 Å². The number of nitrogens with two attached hydrogens (primary N) is 5. The van der Waals surface area contributed by atoms with E-state index in [0.29, 0.717) is 0 Å². The van der Waals surface area contributed by atoms with Crippen LogP contribution in [0.25, 0.3) is 0 Å². The average Bonchev–Trinajstić information content (AvgIpc) is 1.28. The number of fused-ring (bicyclic) bond motifs is 5. The standard InChI is InChI=1S/C20H33N3O2.C18H30N4O2.C17H29N3O2.C16H23N5O.C16H22N4O/c21-18-7-8-19-20(17-18)25-16-13-23(19)11-5-2-6-14-24-15-12-22-9-3-1-4-10-22;19-16-3-4-17-18(15-16)24-14-11-22(17)8-2-6-20-5-1-7-21-9-12-23-13-10-21;1-19(2)9-12-21-11-5-3-4-8-20-10-13-22-17-14-15(18)6-7-16(17)20;17-14-2-3-15-16(12-14)22-11-10-21(15)9-6-18-4-1-7-20-8-5-19-13-20;17-14-4-5-15-16(12-14)21-11-10-20(15)8-3-1-2-7-19-9-6-18-13-19/h7-8,17H,1-6,9-16,21H2;3-4,15,20H,1-2,5-14,19H2;6-7,14H,3-5,8-13,18H2,1-2H3;2-3,5,8,12-13,18H,1,4,6-7,9-11,17H2;4-6,9,12-13H,1-3,7-8,10-11,17H2. The van der Waals surface area contributed by atoms with Crippen LogP contribution < -0.4 is 87.5 Å². The highest BCUT2D eigenvalue weighted by molar-refractivity contribution is 5.69. The summed E-state index contributed by atoms with van der Waals surface area (Å²) in [5, 5.41) is 7.06. The zero-order chi connectivity index (χ0) is 79.4. The lowest BCUT2D eigenvalue weighted by Crippen LogP contribution is -2.38. The van der Waals surface area contributed by atoms with Crippen LogP contribution in [0.1, 0.15) is 96.3 Å². The van der Waals surface area contributed by atoms with Crippen LogP contribution in [0.3, 0.4) is 0 Å². The summed E-state index contributed by atoms with van der Waals surface area (Å²) in [5.41, 5.74) is 38.7. The minimum Gasteiger partial charge on any atom is -0.489 e. The predicted molar refractivity (Wildman–Crippen MR) is 466 cm³/mol. The summed E-state index contributed by atoms with van der Waals surface area (Å²) in [6.07, 6.45) is 29.6. The molecule has 2 saturated heterocycles. The van der Waals surface area contributed by atoms with E-state index in [1.54, 1.807) is 0 Å². The van der Waals surface area contributed by atoms with Crippen LogP contribution in [0.15, 0.2) is 128 Å². The molecule has 14 rings (SSSR count). The van der Waals surface area contributed by atoms with Crippen LogP contribution in [0.4, 0.5) is 56.9 Å². The molecule has 7 aliphatic heterocycles. The highest BCUT2D eigenvalue weighted by atomic mass is 16.5. The Bertz CT molecular complexity index is 3740. The first kappa shape index (κ1) is 87.6. The Kier molecular flexibility index (Phi) is 38.8. The van der Waals surface area contributed by atoms with E-state index in [9.17, 15) is 0 Å². The number of rotatable bonds is 39. The molecule has 5 aromatic carbocycles. The SMILES string of the molecule is CN(C)CCOCCCCCN1CCOc2cc(N)ccc21.Nc1ccc2c(c1)OCCN2CCCCCOCCN1CCCCC1.Nc1ccc2c(c1)OCCN2CCCCCn1ccnc1.Nc1ccc2c(c1)OCCN2CCCNCCCN1CCOCC1.Nc1ccc2c(c1)OCCN2CCNCCCn1ccnc1. The number of nitrogens with one attached hydrogen (secondary N) is 2. The van der Waals surface area contributed by atoms with Gasteiger partial charge in [0.1, 0.15) is 61.8 Å². The normalized spacial score (nSPS) is 15.7. The number of likely N-dealkylation sites (tertiary alicyclic amines) is 1. The van der Waals surface area contributed by atoms with E-state index in [0.717, 1.165) is 292 Å². The Morgan fingerprint density at radius 2 is 0.693 bits per heavy atom. The molecule has 114 heavy (non-hydrogen) atoms. The molecule has 7 aliphatic rings. The molecule has 2 fully saturated rings. The molecule has 7 aromatic rings. The van der Waals surface area contributed by atoms with Crippen LogP contribution in [-0.4, -0.2) is 258 Å². The summed E-state index contributed by atoms with van der Waals surface area (Å²) in [6, 6.07) is 29.6. The van der Waals surface area contributed by atoms with Crippen molar-refractivity contribution in [1.82, 2.24) is 44.4 Å². The van der Waals surface area contributed by atoms with E-state index in [2.05, 4.69) is 107 Å². The predicted octanol–water partition coefficient (Wildman–Crippen LogP) is 10.4. The number of ether oxygens (including phenoxy) is 8. The minimum atomic E-state index is 0.719. The number of aryl methyl sites for hydroxylation is 2. The molecule has 0 bridgehead atoms. The number of imidazole rings is 2. The zero-order valence-corrected chi connectivity index (χ0v) is 68.8. The van der Waals surface area contributed by atoms with Crippen molar-refractivity contribution in [3.05, 3.63) is 128 Å². The fourth-order valence-corrected chi connectivity index (χ4v) is 14.9. The lowest BCUT2D eigenvalue weighted by molar-refractivity contribution is 0.0374. The van der Waals surface area contributed by atoms with E-state index in [1.165, 1.54) is 113 Å². The van der Waals surface area contributed by atoms with Gasteiger partial charge in [0.05, 0.1) is 100 Å². The monoisotopic (exact) mass is 1580 g/mol. The van der Waals surface area contributed by atoms with Crippen molar-refractivity contribution in [2.45, 2.75) is 109 Å². The molecule has 0 aliphatic carbocycles. The number of piperidine rings is 1. The number of unbranched alkanes of at least 4 members (excludes halogenated alkanes) is 6. The maximum atomic E-state index is 5.84. The van der Waals surface area contributed by atoms with E-state index in [-0.39, 0.29) is 0 Å². The maximum Gasteiger partial charge on any atom is 0.144 e. The van der Waals surface area contributed by atoms with Crippen LogP contribution in [-0.2, 0) is 27.3 Å². The Balaban J connectivity index is 0.000000151. The fraction of sp³-hybridized carbons (Fsp3) is 0.586. The molecule has 0 spiro atoms. The lowest BCUT2D eigenvalue weighted by Gasteiger charge is -2.31. The van der Waals surface area contributed by atoms with Crippen molar-refractivity contribution < 1.29 is 37.9 Å². The summed E-state index contributed by atoms with van der Waals surface area (Å²) in [6.45, 7) is 33.1. The van der Waals surface area contributed by atoms with Crippen LogP contribution >= 0.6 is 0 Å². The second kappa shape index (κ2) is 50.5. The van der Waals surface area contributed by atoms with Gasteiger partial charge in [-0.05, 0) is 204 Å². The number of hydrogen-bond acceptors (Lipinski definition) is 25. The van der Waals surface area contributed by atoms with Gasteiger partial charge in [0.15, 0.2) is 0 Å². The number of hydrogen-bond donors (Lipinski definition) is 7. The van der Waals surface area contributed by atoms with Gasteiger partial charge in [-0.2, -0.15) is 0 Å². The third kappa shape index (κ3) is 31.4. The molecule has 0 amide bonds. The first-order chi connectivity index (χ1) is 56.0. The molecular formula is C87H137N19O8. The zero-order valence-electron chi connectivity index (χ0n) is 68.8. The highest BCUT2D eigenvalue weighted by Gasteiger charge is 2.23. The van der Waals surface area contributed by atoms with E-state index >= 15 is 0 Å². The number of anilines is 10. The van der Waals surface area contributed by atoms with Gasteiger partial charge in [-0.15, -0.1) is 0 Å². The number of nitrogens with zero attached hydrogens (tertiary/aromatic N) is 12. The second-order valence-corrected chi connectivity index (χ2v) is 30.5. The van der Waals surface area contributed by atoms with Crippen molar-refractivity contribution in [1.29, 1.82) is 0 Å². The molecule has 628 valence electrons. The molecular weight excluding hydrogens is 1440 g/mol. The molecule has 0 saturated carbocycles. The van der Waals surface area contributed by atoms with E-state index in [4.69, 9.17) is 66.6 Å². The molecule has 0 radical (unpaired) electrons. The van der Waals surface area contributed by atoms with Gasteiger partial charge in [0.25, 0.3) is 0 Å². The molecule has 2 aromatic heterocycles. The van der Waals surface area contributed by atoms with Gasteiger partial charge in [0.2, 0.25) is 0 Å². The summed E-state index contributed by atoms with van der Waals surface area (Å²) >= 11 is 0. The summed E-state index contributed by atoms with van der Waals surface area (Å²) in [4.78, 5) is 27.2. The van der Waals surface area contributed by atoms with Gasteiger partial charge in [-0.1, -0.05) is 6.42 Å². The minimum absolute atomic E-state index is 0.719. The summed E-state index contributed by atoms with van der Waals surface area (Å²) < 4.78 is 49.5. The summed E-state index contributed by atoms with van der Waals surface area (Å²) in [7, 11) is 4.13. The van der Waals surface area contributed by atoms with Gasteiger partial charge >= 0.3 is 0 Å². The molecule has 12 N–H and O–H groups in total. The van der Waals surface area contributed by atoms with Gasteiger partial charge in [-0.3, -0.25) is 4.90 Å². The smallest absolute Gasteiger partial charge is 0.144 e.